The van der Waals surface area contributed by atoms with Gasteiger partial charge in [0.05, 0.1) is 7.11 Å². The molecule has 0 aliphatic rings. The topological polar surface area (TPSA) is 38.3 Å². The Labute approximate surface area is 128 Å². The van der Waals surface area contributed by atoms with Crippen LogP contribution in [-0.2, 0) is 9.53 Å². The number of carbonyl (C=O) groups is 1. The van der Waals surface area contributed by atoms with E-state index in [-0.39, 0.29) is 5.97 Å². The molecule has 0 aromatic heterocycles. The minimum atomic E-state index is -0.745. The molecule has 21 heavy (non-hydrogen) atoms. The second-order valence-corrected chi connectivity index (χ2v) is 6.02. The number of hydrogen-bond acceptors (Lipinski definition) is 4. The van der Waals surface area contributed by atoms with E-state index in [0.717, 1.165) is 12.1 Å². The molecule has 0 bridgehead atoms. The SMILES string of the molecule is CCNC(C)(CCCSc1cc(F)ccc1F)C(=O)OC. The van der Waals surface area contributed by atoms with Crippen molar-refractivity contribution in [1.82, 2.24) is 5.32 Å². The molecule has 0 radical (unpaired) electrons. The first-order valence-corrected chi connectivity index (χ1v) is 7.83. The molecule has 0 saturated carbocycles. The van der Waals surface area contributed by atoms with Crippen molar-refractivity contribution in [2.45, 2.75) is 37.1 Å². The predicted octanol–water partition coefficient (Wildman–Crippen LogP) is 3.38. The highest BCUT2D eigenvalue weighted by Gasteiger charge is 2.32. The lowest BCUT2D eigenvalue weighted by molar-refractivity contribution is -0.148. The van der Waals surface area contributed by atoms with Crippen molar-refractivity contribution in [2.75, 3.05) is 19.4 Å². The molecule has 6 heteroatoms. The first-order valence-electron chi connectivity index (χ1n) is 6.84. The monoisotopic (exact) mass is 317 g/mol. The largest absolute Gasteiger partial charge is 0.468 e. The summed E-state index contributed by atoms with van der Waals surface area (Å²) < 4.78 is 31.3. The molecular formula is C15H21F2NO2S. The van der Waals surface area contributed by atoms with Crippen LogP contribution in [0.2, 0.25) is 0 Å². The van der Waals surface area contributed by atoms with E-state index in [1.807, 2.05) is 6.92 Å². The number of likely N-dealkylation sites (N-methyl/N-ethyl adjacent to an activating group) is 1. The Morgan fingerprint density at radius 1 is 1.43 bits per heavy atom. The molecule has 0 aliphatic carbocycles. The van der Waals surface area contributed by atoms with Gasteiger partial charge in [-0.25, -0.2) is 8.78 Å². The molecular weight excluding hydrogens is 296 g/mol. The molecule has 0 saturated heterocycles. The summed E-state index contributed by atoms with van der Waals surface area (Å²) in [5, 5.41) is 3.11. The Morgan fingerprint density at radius 3 is 2.76 bits per heavy atom. The van der Waals surface area contributed by atoms with Gasteiger partial charge in [0.1, 0.15) is 17.2 Å². The molecule has 0 spiro atoms. The molecule has 0 fully saturated rings. The molecule has 0 heterocycles. The quantitative estimate of drug-likeness (QED) is 0.453. The average Bonchev–Trinajstić information content (AvgIpc) is 2.46. The number of halogens is 2. The van der Waals surface area contributed by atoms with Crippen LogP contribution in [0.25, 0.3) is 0 Å². The Balaban J connectivity index is 2.51. The molecule has 118 valence electrons. The van der Waals surface area contributed by atoms with Gasteiger partial charge >= 0.3 is 5.97 Å². The summed E-state index contributed by atoms with van der Waals surface area (Å²) >= 11 is 1.24. The fraction of sp³-hybridized carbons (Fsp3) is 0.533. The van der Waals surface area contributed by atoms with E-state index < -0.39 is 17.2 Å². The number of esters is 1. The maximum Gasteiger partial charge on any atom is 0.325 e. The first kappa shape index (κ1) is 17.9. The van der Waals surface area contributed by atoms with E-state index in [4.69, 9.17) is 4.74 Å². The Kier molecular flexibility index (Phi) is 7.11. The van der Waals surface area contributed by atoms with E-state index in [1.54, 1.807) is 6.92 Å². The van der Waals surface area contributed by atoms with Crippen LogP contribution < -0.4 is 5.32 Å². The molecule has 0 aliphatic heterocycles. The lowest BCUT2D eigenvalue weighted by Crippen LogP contribution is -2.50. The van der Waals surface area contributed by atoms with Crippen LogP contribution in [0.1, 0.15) is 26.7 Å². The lowest BCUT2D eigenvalue weighted by atomic mass is 9.96. The van der Waals surface area contributed by atoms with Crippen LogP contribution in [0, 0.1) is 11.6 Å². The van der Waals surface area contributed by atoms with Gasteiger partial charge in [-0.05, 0) is 50.3 Å². The van der Waals surface area contributed by atoms with Crippen LogP contribution in [0.5, 0.6) is 0 Å². The Bertz CT molecular complexity index is 485. The standard InChI is InChI=1S/C15H21F2NO2S/c1-4-18-15(2,14(19)20-3)8-5-9-21-13-10-11(16)6-7-12(13)17/h6-7,10,18H,4-5,8-9H2,1-3H3. The summed E-state index contributed by atoms with van der Waals surface area (Å²) in [5.41, 5.74) is -0.745. The zero-order valence-electron chi connectivity index (χ0n) is 12.5. The molecule has 1 unspecified atom stereocenters. The van der Waals surface area contributed by atoms with Crippen molar-refractivity contribution in [3.63, 3.8) is 0 Å². The molecule has 1 atom stereocenters. The zero-order chi connectivity index (χ0) is 15.9. The summed E-state index contributed by atoms with van der Waals surface area (Å²) in [6, 6.07) is 3.40. The number of ether oxygens (including phenoxy) is 1. The minimum absolute atomic E-state index is 0.290. The fourth-order valence-electron chi connectivity index (χ4n) is 2.07. The van der Waals surface area contributed by atoms with Crippen molar-refractivity contribution in [1.29, 1.82) is 0 Å². The Morgan fingerprint density at radius 2 is 2.14 bits per heavy atom. The third kappa shape index (κ3) is 5.28. The van der Waals surface area contributed by atoms with Crippen molar-refractivity contribution in [3.8, 4) is 0 Å². The first-order chi connectivity index (χ1) is 9.92. The third-order valence-electron chi connectivity index (χ3n) is 3.17. The van der Waals surface area contributed by atoms with Crippen LogP contribution in [-0.4, -0.2) is 30.9 Å². The summed E-state index contributed by atoms with van der Waals surface area (Å²) in [7, 11) is 1.36. The summed E-state index contributed by atoms with van der Waals surface area (Å²) in [6.07, 6.45) is 1.25. The van der Waals surface area contributed by atoms with Gasteiger partial charge in [0.15, 0.2) is 0 Å². The summed E-state index contributed by atoms with van der Waals surface area (Å²) in [6.45, 7) is 4.35. The highest BCUT2D eigenvalue weighted by molar-refractivity contribution is 7.99. The fourth-order valence-corrected chi connectivity index (χ4v) is 2.98. The number of carbonyl (C=O) groups excluding carboxylic acids is 1. The van der Waals surface area contributed by atoms with Gasteiger partial charge in [-0.2, -0.15) is 0 Å². The van der Waals surface area contributed by atoms with Crippen molar-refractivity contribution in [3.05, 3.63) is 29.8 Å². The number of benzene rings is 1. The van der Waals surface area contributed by atoms with E-state index in [2.05, 4.69) is 5.32 Å². The van der Waals surface area contributed by atoms with Gasteiger partial charge in [0.2, 0.25) is 0 Å². The maximum atomic E-state index is 13.5. The van der Waals surface area contributed by atoms with E-state index >= 15 is 0 Å². The van der Waals surface area contributed by atoms with Gasteiger partial charge in [0.25, 0.3) is 0 Å². The van der Waals surface area contributed by atoms with Gasteiger partial charge in [-0.3, -0.25) is 4.79 Å². The van der Waals surface area contributed by atoms with Crippen LogP contribution in [0.4, 0.5) is 8.78 Å². The van der Waals surface area contributed by atoms with Crippen LogP contribution >= 0.6 is 11.8 Å². The molecule has 1 aromatic rings. The van der Waals surface area contributed by atoms with E-state index in [0.29, 0.717) is 30.0 Å². The number of rotatable bonds is 8. The third-order valence-corrected chi connectivity index (χ3v) is 4.29. The number of nitrogens with one attached hydrogen (secondary N) is 1. The summed E-state index contributed by atoms with van der Waals surface area (Å²) in [4.78, 5) is 12.1. The lowest BCUT2D eigenvalue weighted by Gasteiger charge is -2.27. The molecule has 3 nitrogen and oxygen atoms in total. The van der Waals surface area contributed by atoms with E-state index in [1.165, 1.54) is 24.9 Å². The van der Waals surface area contributed by atoms with Crippen molar-refractivity contribution < 1.29 is 18.3 Å². The highest BCUT2D eigenvalue weighted by Crippen LogP contribution is 2.25. The molecule has 0 amide bonds. The highest BCUT2D eigenvalue weighted by atomic mass is 32.2. The Hall–Kier alpha value is -1.14. The zero-order valence-corrected chi connectivity index (χ0v) is 13.4. The minimum Gasteiger partial charge on any atom is -0.468 e. The number of hydrogen-bond donors (Lipinski definition) is 1. The van der Waals surface area contributed by atoms with Crippen LogP contribution in [0.15, 0.2) is 23.1 Å². The smallest absolute Gasteiger partial charge is 0.325 e. The molecule has 1 aromatic carbocycles. The molecule has 1 rings (SSSR count). The molecule has 1 N–H and O–H groups in total. The summed E-state index contributed by atoms with van der Waals surface area (Å²) in [5.74, 6) is -0.598. The van der Waals surface area contributed by atoms with Gasteiger partial charge in [0, 0.05) is 4.90 Å². The second kappa shape index (κ2) is 8.34. The number of methoxy groups -OCH3 is 1. The normalized spacial score (nSPS) is 13.8. The van der Waals surface area contributed by atoms with Crippen molar-refractivity contribution >= 4 is 17.7 Å². The van der Waals surface area contributed by atoms with Gasteiger partial charge in [-0.15, -0.1) is 11.8 Å². The van der Waals surface area contributed by atoms with Gasteiger partial charge in [-0.1, -0.05) is 6.92 Å². The van der Waals surface area contributed by atoms with Crippen molar-refractivity contribution in [2.24, 2.45) is 0 Å². The van der Waals surface area contributed by atoms with Crippen LogP contribution in [0.3, 0.4) is 0 Å². The number of thioether (sulfide) groups is 1. The maximum absolute atomic E-state index is 13.5. The predicted molar refractivity (Wildman–Crippen MR) is 80.4 cm³/mol. The van der Waals surface area contributed by atoms with E-state index in [9.17, 15) is 13.6 Å². The van der Waals surface area contributed by atoms with Gasteiger partial charge < -0.3 is 10.1 Å². The second-order valence-electron chi connectivity index (χ2n) is 4.88. The average molecular weight is 317 g/mol.